The largest absolute Gasteiger partial charge is 0.488 e. The number of ether oxygens (including phenoxy) is 2. The zero-order valence-electron chi connectivity index (χ0n) is 21.7. The van der Waals surface area contributed by atoms with Gasteiger partial charge >= 0.3 is 0 Å². The van der Waals surface area contributed by atoms with E-state index < -0.39 is 6.10 Å². The van der Waals surface area contributed by atoms with E-state index in [9.17, 15) is 9.50 Å². The SMILES string of the molecule is OC[C@@H](O)CNCc1cc(Cl)c(OCc2cccc(-c3ccc(F)cc3)c2Cl)cc1OCc1ccc2nonc2c1. The van der Waals surface area contributed by atoms with Crippen LogP contribution in [0.15, 0.2) is 77.4 Å². The van der Waals surface area contributed by atoms with Gasteiger partial charge in [0.15, 0.2) is 0 Å². The molecule has 0 aliphatic carbocycles. The lowest BCUT2D eigenvalue weighted by Crippen LogP contribution is -2.29. The molecule has 0 amide bonds. The highest BCUT2D eigenvalue weighted by Gasteiger charge is 2.15. The molecule has 1 atom stereocenters. The molecule has 0 saturated carbocycles. The maximum atomic E-state index is 13.4. The number of halogens is 3. The van der Waals surface area contributed by atoms with Gasteiger partial charge < -0.3 is 25.0 Å². The van der Waals surface area contributed by atoms with E-state index >= 15 is 0 Å². The molecule has 0 unspecified atom stereocenters. The zero-order valence-corrected chi connectivity index (χ0v) is 23.2. The minimum Gasteiger partial charge on any atom is -0.488 e. The molecule has 3 N–H and O–H groups in total. The third kappa shape index (κ3) is 7.13. The first kappa shape index (κ1) is 28.8. The van der Waals surface area contributed by atoms with Crippen molar-refractivity contribution in [1.82, 2.24) is 15.6 Å². The monoisotopic (exact) mass is 597 g/mol. The molecule has 0 aliphatic rings. The lowest BCUT2D eigenvalue weighted by molar-refractivity contribution is 0.0941. The van der Waals surface area contributed by atoms with Gasteiger partial charge in [-0.25, -0.2) is 9.02 Å². The molecule has 1 heterocycles. The van der Waals surface area contributed by atoms with Gasteiger partial charge in [-0.3, -0.25) is 0 Å². The fourth-order valence-corrected chi connectivity index (χ4v) is 4.71. The first-order valence-corrected chi connectivity index (χ1v) is 13.5. The minimum absolute atomic E-state index is 0.128. The van der Waals surface area contributed by atoms with Gasteiger partial charge in [0.2, 0.25) is 0 Å². The molecule has 0 aliphatic heterocycles. The van der Waals surface area contributed by atoms with Crippen LogP contribution in [0.2, 0.25) is 10.0 Å². The number of fused-ring (bicyclic) bond motifs is 1. The van der Waals surface area contributed by atoms with E-state index in [4.69, 9.17) is 42.4 Å². The predicted octanol–water partition coefficient (Wildman–Crippen LogP) is 5.94. The Bertz CT molecular complexity index is 1630. The topological polar surface area (TPSA) is 110 Å². The van der Waals surface area contributed by atoms with Crippen molar-refractivity contribution >= 4 is 34.2 Å². The fraction of sp³-hybridized carbons (Fsp3) is 0.200. The lowest BCUT2D eigenvalue weighted by Gasteiger charge is -2.17. The van der Waals surface area contributed by atoms with Crippen LogP contribution in [0.3, 0.4) is 0 Å². The number of benzene rings is 4. The van der Waals surface area contributed by atoms with Crippen LogP contribution in [0.25, 0.3) is 22.2 Å². The van der Waals surface area contributed by atoms with Gasteiger partial charge in [-0.15, -0.1) is 0 Å². The van der Waals surface area contributed by atoms with Crippen molar-refractivity contribution in [3.63, 3.8) is 0 Å². The van der Waals surface area contributed by atoms with Crippen molar-refractivity contribution < 1.29 is 28.7 Å². The highest BCUT2D eigenvalue weighted by molar-refractivity contribution is 6.34. The molecule has 0 fully saturated rings. The van der Waals surface area contributed by atoms with Gasteiger partial charge in [0.25, 0.3) is 0 Å². The second kappa shape index (κ2) is 13.3. The van der Waals surface area contributed by atoms with Crippen molar-refractivity contribution in [3.05, 3.63) is 105 Å². The van der Waals surface area contributed by atoms with E-state index in [0.29, 0.717) is 39.1 Å². The van der Waals surface area contributed by atoms with E-state index in [0.717, 1.165) is 27.8 Å². The number of hydrogen-bond donors (Lipinski definition) is 3. The van der Waals surface area contributed by atoms with Crippen LogP contribution in [0.4, 0.5) is 4.39 Å². The molecule has 1 aromatic heterocycles. The number of aromatic nitrogens is 2. The summed E-state index contributed by atoms with van der Waals surface area (Å²) in [6.07, 6.45) is -0.893. The van der Waals surface area contributed by atoms with Gasteiger partial charge in [0.05, 0.1) is 22.8 Å². The highest BCUT2D eigenvalue weighted by atomic mass is 35.5. The Morgan fingerprint density at radius 1 is 0.878 bits per heavy atom. The molecule has 0 saturated heterocycles. The number of aliphatic hydroxyl groups is 2. The second-order valence-electron chi connectivity index (χ2n) is 9.31. The third-order valence-electron chi connectivity index (χ3n) is 6.35. The van der Waals surface area contributed by atoms with Crippen LogP contribution in [0.1, 0.15) is 16.7 Å². The van der Waals surface area contributed by atoms with E-state index in [1.54, 1.807) is 30.3 Å². The number of aliphatic hydroxyl groups excluding tert-OH is 2. The molecule has 212 valence electrons. The van der Waals surface area contributed by atoms with E-state index in [2.05, 4.69) is 15.6 Å². The molecule has 5 rings (SSSR count). The first-order chi connectivity index (χ1) is 19.9. The van der Waals surface area contributed by atoms with Gasteiger partial charge in [0.1, 0.15) is 41.6 Å². The zero-order chi connectivity index (χ0) is 28.8. The summed E-state index contributed by atoms with van der Waals surface area (Å²) in [5.74, 6) is 0.580. The third-order valence-corrected chi connectivity index (χ3v) is 7.09. The maximum absolute atomic E-state index is 13.4. The number of hydrogen-bond acceptors (Lipinski definition) is 8. The minimum atomic E-state index is -0.893. The molecule has 11 heteroatoms. The Kier molecular flexibility index (Phi) is 9.33. The van der Waals surface area contributed by atoms with Crippen LogP contribution >= 0.6 is 23.2 Å². The average Bonchev–Trinajstić information content (AvgIpc) is 3.45. The van der Waals surface area contributed by atoms with Gasteiger partial charge in [-0.1, -0.05) is 59.6 Å². The molecule has 0 spiro atoms. The highest BCUT2D eigenvalue weighted by Crippen LogP contribution is 2.36. The summed E-state index contributed by atoms with van der Waals surface area (Å²) < 4.78 is 30.4. The van der Waals surface area contributed by atoms with Crippen molar-refractivity contribution in [2.75, 3.05) is 13.2 Å². The molecule has 0 bridgehead atoms. The molecular weight excluding hydrogens is 572 g/mol. The molecule has 5 aromatic rings. The van der Waals surface area contributed by atoms with Gasteiger partial charge in [0, 0.05) is 35.8 Å². The van der Waals surface area contributed by atoms with Gasteiger partial charge in [-0.2, -0.15) is 0 Å². The van der Waals surface area contributed by atoms with Crippen LogP contribution < -0.4 is 14.8 Å². The summed E-state index contributed by atoms with van der Waals surface area (Å²) in [6.45, 7) is 0.508. The predicted molar refractivity (Wildman–Crippen MR) is 154 cm³/mol. The summed E-state index contributed by atoms with van der Waals surface area (Å²) in [7, 11) is 0. The number of rotatable bonds is 12. The van der Waals surface area contributed by atoms with Crippen LogP contribution in [0, 0.1) is 5.82 Å². The normalized spacial score (nSPS) is 12.0. The maximum Gasteiger partial charge on any atom is 0.142 e. The fourth-order valence-electron chi connectivity index (χ4n) is 4.17. The van der Waals surface area contributed by atoms with Crippen molar-refractivity contribution in [2.24, 2.45) is 0 Å². The molecule has 41 heavy (non-hydrogen) atoms. The summed E-state index contributed by atoms with van der Waals surface area (Å²) in [4.78, 5) is 0. The smallest absolute Gasteiger partial charge is 0.142 e. The van der Waals surface area contributed by atoms with E-state index in [-0.39, 0.29) is 32.2 Å². The second-order valence-corrected chi connectivity index (χ2v) is 10.1. The Morgan fingerprint density at radius 3 is 2.46 bits per heavy atom. The quantitative estimate of drug-likeness (QED) is 0.162. The first-order valence-electron chi connectivity index (χ1n) is 12.7. The molecular formula is C30H26Cl2FN3O5. The average molecular weight is 598 g/mol. The summed E-state index contributed by atoms with van der Waals surface area (Å²) >= 11 is 13.3. The Morgan fingerprint density at radius 2 is 1.66 bits per heavy atom. The van der Waals surface area contributed by atoms with Crippen LogP contribution in [0.5, 0.6) is 11.5 Å². The van der Waals surface area contributed by atoms with E-state index in [1.165, 1.54) is 12.1 Å². The van der Waals surface area contributed by atoms with Crippen molar-refractivity contribution in [1.29, 1.82) is 0 Å². The number of nitrogens with one attached hydrogen (secondary N) is 1. The van der Waals surface area contributed by atoms with E-state index in [1.807, 2.05) is 30.3 Å². The van der Waals surface area contributed by atoms with Crippen molar-refractivity contribution in [2.45, 2.75) is 25.9 Å². The number of nitrogens with zero attached hydrogens (tertiary/aromatic N) is 2. The molecule has 4 aromatic carbocycles. The Hall–Kier alpha value is -3.73. The van der Waals surface area contributed by atoms with Gasteiger partial charge in [-0.05, 0) is 51.8 Å². The molecule has 0 radical (unpaired) electrons. The molecule has 8 nitrogen and oxygen atoms in total. The van der Waals surface area contributed by atoms with Crippen molar-refractivity contribution in [3.8, 4) is 22.6 Å². The summed E-state index contributed by atoms with van der Waals surface area (Å²) in [5, 5.41) is 30.4. The van der Waals surface area contributed by atoms with Crippen LogP contribution in [-0.2, 0) is 19.8 Å². The Balaban J connectivity index is 1.36. The lowest BCUT2D eigenvalue weighted by atomic mass is 10.0. The summed E-state index contributed by atoms with van der Waals surface area (Å²) in [5.41, 5.74) is 5.11. The standard InChI is InChI=1S/C30H26Cl2FN3O5/c31-25-11-21(13-34-14-23(38)15-37)28(39-16-18-4-9-26-27(10-18)36-41-35-26)12-29(25)40-17-20-2-1-3-24(30(20)32)19-5-7-22(33)8-6-19/h1-12,23,34,37-38H,13-17H2/t23-/m0/s1. The van der Waals surface area contributed by atoms with Crippen LogP contribution in [-0.4, -0.2) is 39.8 Å². The Labute approximate surface area is 245 Å². The summed E-state index contributed by atoms with van der Waals surface area (Å²) in [6, 6.07) is 20.6.